The standard InChI is InChI=1S/C21H15F5N2O2/c22-13-5-3-6-14(23)18(13)20(29)28-16-9-8-11(10-27-16)17-12-4-1-2-7-15(12)30-19(17)21(24,25)26/h3,5-6,8-10H,1-2,4,7H2,(H,27,28,29). The molecule has 0 bridgehead atoms. The number of fused-ring (bicyclic) bond motifs is 1. The summed E-state index contributed by atoms with van der Waals surface area (Å²) in [5.74, 6) is -3.93. The van der Waals surface area contributed by atoms with Crippen molar-refractivity contribution in [1.82, 2.24) is 4.98 Å². The third kappa shape index (κ3) is 3.67. The Morgan fingerprint density at radius 1 is 1.03 bits per heavy atom. The first-order valence-corrected chi connectivity index (χ1v) is 9.19. The second-order valence-corrected chi connectivity index (χ2v) is 6.90. The zero-order valence-corrected chi connectivity index (χ0v) is 15.4. The van der Waals surface area contributed by atoms with E-state index in [1.165, 1.54) is 18.3 Å². The average Bonchev–Trinajstić information content (AvgIpc) is 3.09. The van der Waals surface area contributed by atoms with E-state index < -0.39 is 35.0 Å². The molecule has 0 fully saturated rings. The number of amides is 1. The number of hydrogen-bond acceptors (Lipinski definition) is 3. The van der Waals surface area contributed by atoms with Gasteiger partial charge < -0.3 is 9.73 Å². The van der Waals surface area contributed by atoms with Crippen molar-refractivity contribution < 1.29 is 31.2 Å². The number of benzene rings is 1. The van der Waals surface area contributed by atoms with Crippen molar-refractivity contribution in [3.05, 3.63) is 70.8 Å². The molecule has 2 aromatic heterocycles. The van der Waals surface area contributed by atoms with Crippen LogP contribution in [0.4, 0.5) is 27.8 Å². The van der Waals surface area contributed by atoms with Crippen molar-refractivity contribution in [3.8, 4) is 11.1 Å². The van der Waals surface area contributed by atoms with Crippen molar-refractivity contribution in [2.24, 2.45) is 0 Å². The van der Waals surface area contributed by atoms with E-state index in [4.69, 9.17) is 4.42 Å². The Kier molecular flexibility index (Phi) is 5.05. The van der Waals surface area contributed by atoms with Gasteiger partial charge in [-0.2, -0.15) is 13.2 Å². The lowest BCUT2D eigenvalue weighted by Crippen LogP contribution is -2.16. The van der Waals surface area contributed by atoms with Gasteiger partial charge in [0, 0.05) is 29.3 Å². The minimum atomic E-state index is -4.66. The van der Waals surface area contributed by atoms with E-state index in [9.17, 15) is 26.7 Å². The molecular formula is C21H15F5N2O2. The fourth-order valence-corrected chi connectivity index (χ4v) is 3.58. The van der Waals surface area contributed by atoms with Gasteiger partial charge in [0.25, 0.3) is 5.91 Å². The van der Waals surface area contributed by atoms with Gasteiger partial charge in [0.15, 0.2) is 0 Å². The van der Waals surface area contributed by atoms with E-state index in [1.54, 1.807) is 0 Å². The molecule has 0 saturated carbocycles. The van der Waals surface area contributed by atoms with E-state index in [0.29, 0.717) is 24.2 Å². The molecule has 0 unspecified atom stereocenters. The number of alkyl halides is 3. The van der Waals surface area contributed by atoms with Crippen LogP contribution in [0, 0.1) is 11.6 Å². The molecule has 2 heterocycles. The van der Waals surface area contributed by atoms with Crippen LogP contribution in [0.3, 0.4) is 0 Å². The smallest absolute Gasteiger partial charge is 0.450 e. The van der Waals surface area contributed by atoms with Crippen LogP contribution in [0.15, 0.2) is 40.9 Å². The third-order valence-corrected chi connectivity index (χ3v) is 4.91. The molecule has 3 aromatic rings. The van der Waals surface area contributed by atoms with Crippen LogP contribution < -0.4 is 5.32 Å². The number of halogens is 5. The second-order valence-electron chi connectivity index (χ2n) is 6.90. The van der Waals surface area contributed by atoms with Crippen molar-refractivity contribution in [2.75, 3.05) is 5.32 Å². The lowest BCUT2D eigenvalue weighted by Gasteiger charge is -2.12. The summed E-state index contributed by atoms with van der Waals surface area (Å²) in [6.07, 6.45) is -1.08. The van der Waals surface area contributed by atoms with E-state index in [2.05, 4.69) is 10.3 Å². The highest BCUT2D eigenvalue weighted by Gasteiger charge is 2.41. The highest BCUT2D eigenvalue weighted by atomic mass is 19.4. The molecule has 1 aromatic carbocycles. The Morgan fingerprint density at radius 2 is 1.73 bits per heavy atom. The second kappa shape index (κ2) is 7.55. The fourth-order valence-electron chi connectivity index (χ4n) is 3.58. The Labute approximate surface area is 167 Å². The van der Waals surface area contributed by atoms with E-state index >= 15 is 0 Å². The molecule has 30 heavy (non-hydrogen) atoms. The molecule has 1 amide bonds. The molecule has 9 heteroatoms. The quantitative estimate of drug-likeness (QED) is 0.546. The number of carbonyl (C=O) groups excluding carboxylic acids is 1. The zero-order valence-electron chi connectivity index (χ0n) is 15.4. The molecule has 0 aliphatic heterocycles. The van der Waals surface area contributed by atoms with Gasteiger partial charge in [-0.25, -0.2) is 13.8 Å². The highest BCUT2D eigenvalue weighted by molar-refractivity contribution is 6.04. The molecule has 0 spiro atoms. The van der Waals surface area contributed by atoms with Gasteiger partial charge in [-0.1, -0.05) is 6.07 Å². The van der Waals surface area contributed by atoms with Crippen LogP contribution in [0.2, 0.25) is 0 Å². The van der Waals surface area contributed by atoms with Gasteiger partial charge in [0.1, 0.15) is 28.8 Å². The molecule has 1 aliphatic carbocycles. The van der Waals surface area contributed by atoms with Crippen LogP contribution in [0.25, 0.3) is 11.1 Å². The van der Waals surface area contributed by atoms with Crippen LogP contribution in [-0.2, 0) is 19.0 Å². The molecule has 1 N–H and O–H groups in total. The number of rotatable bonds is 3. The summed E-state index contributed by atoms with van der Waals surface area (Å²) < 4.78 is 73.1. The third-order valence-electron chi connectivity index (χ3n) is 4.91. The first-order chi connectivity index (χ1) is 14.3. The SMILES string of the molecule is O=C(Nc1ccc(-c2c(C(F)(F)F)oc3c2CCCC3)cn1)c1c(F)cccc1F. The number of carbonyl (C=O) groups is 1. The summed E-state index contributed by atoms with van der Waals surface area (Å²) >= 11 is 0. The Morgan fingerprint density at radius 3 is 2.37 bits per heavy atom. The molecule has 1 aliphatic rings. The number of aryl methyl sites for hydroxylation is 1. The van der Waals surface area contributed by atoms with Gasteiger partial charge >= 0.3 is 6.18 Å². The normalized spacial score (nSPS) is 13.8. The summed E-state index contributed by atoms with van der Waals surface area (Å²) in [5, 5.41) is 2.24. The van der Waals surface area contributed by atoms with E-state index in [1.807, 2.05) is 0 Å². The number of anilines is 1. The number of nitrogens with zero attached hydrogens (tertiary/aromatic N) is 1. The molecule has 0 atom stereocenters. The molecular weight excluding hydrogens is 407 g/mol. The number of furan rings is 1. The largest absolute Gasteiger partial charge is 0.456 e. The predicted molar refractivity (Wildman–Crippen MR) is 97.9 cm³/mol. The lowest BCUT2D eigenvalue weighted by atomic mass is 9.92. The minimum absolute atomic E-state index is 0.0530. The number of aromatic nitrogens is 1. The predicted octanol–water partition coefficient (Wildman–Crippen LogP) is 5.77. The highest BCUT2D eigenvalue weighted by Crippen LogP contribution is 2.44. The van der Waals surface area contributed by atoms with Crippen LogP contribution >= 0.6 is 0 Å². The van der Waals surface area contributed by atoms with Gasteiger partial charge in [-0.05, 0) is 43.5 Å². The van der Waals surface area contributed by atoms with Gasteiger partial charge in [-0.3, -0.25) is 4.79 Å². The van der Waals surface area contributed by atoms with Crippen LogP contribution in [-0.4, -0.2) is 10.9 Å². The topological polar surface area (TPSA) is 55.1 Å². The average molecular weight is 422 g/mol. The first-order valence-electron chi connectivity index (χ1n) is 9.19. The summed E-state index contributed by atoms with van der Waals surface area (Å²) in [6, 6.07) is 5.63. The summed E-state index contributed by atoms with van der Waals surface area (Å²) in [7, 11) is 0. The number of hydrogen-bond donors (Lipinski definition) is 1. The zero-order chi connectivity index (χ0) is 21.5. The van der Waals surface area contributed by atoms with E-state index in [0.717, 1.165) is 31.0 Å². The Bertz CT molecular complexity index is 1080. The fraction of sp³-hybridized carbons (Fsp3) is 0.238. The maximum Gasteiger partial charge on any atom is 0.450 e. The maximum atomic E-state index is 13.7. The number of nitrogens with one attached hydrogen (secondary N) is 1. The Hall–Kier alpha value is -3.23. The lowest BCUT2D eigenvalue weighted by molar-refractivity contribution is -0.152. The Balaban J connectivity index is 1.65. The molecule has 156 valence electrons. The molecule has 0 radical (unpaired) electrons. The van der Waals surface area contributed by atoms with Crippen molar-refractivity contribution in [3.63, 3.8) is 0 Å². The van der Waals surface area contributed by atoms with Gasteiger partial charge in [0.05, 0.1) is 0 Å². The van der Waals surface area contributed by atoms with Crippen molar-refractivity contribution in [2.45, 2.75) is 31.9 Å². The van der Waals surface area contributed by atoms with Gasteiger partial charge in [-0.15, -0.1) is 0 Å². The summed E-state index contributed by atoms with van der Waals surface area (Å²) in [6.45, 7) is 0. The van der Waals surface area contributed by atoms with Gasteiger partial charge in [0.2, 0.25) is 5.76 Å². The minimum Gasteiger partial charge on any atom is -0.456 e. The van der Waals surface area contributed by atoms with Crippen LogP contribution in [0.1, 0.15) is 40.3 Å². The van der Waals surface area contributed by atoms with Crippen molar-refractivity contribution in [1.29, 1.82) is 0 Å². The molecule has 4 rings (SSSR count). The first kappa shape index (κ1) is 20.1. The molecule has 4 nitrogen and oxygen atoms in total. The monoisotopic (exact) mass is 422 g/mol. The molecule has 0 saturated heterocycles. The maximum absolute atomic E-state index is 13.7. The van der Waals surface area contributed by atoms with E-state index in [-0.39, 0.29) is 16.9 Å². The summed E-state index contributed by atoms with van der Waals surface area (Å²) in [5.41, 5.74) is -0.126. The summed E-state index contributed by atoms with van der Waals surface area (Å²) in [4.78, 5) is 16.1. The number of pyridine rings is 1. The van der Waals surface area contributed by atoms with Crippen LogP contribution in [0.5, 0.6) is 0 Å². The van der Waals surface area contributed by atoms with Crippen molar-refractivity contribution >= 4 is 11.7 Å².